The lowest BCUT2D eigenvalue weighted by Crippen LogP contribution is -2.40. The van der Waals surface area contributed by atoms with Gasteiger partial charge in [-0.3, -0.25) is 9.59 Å². The van der Waals surface area contributed by atoms with E-state index in [-0.39, 0.29) is 24.3 Å². The molecule has 136 valence electrons. The van der Waals surface area contributed by atoms with E-state index in [1.807, 2.05) is 67.3 Å². The summed E-state index contributed by atoms with van der Waals surface area (Å²) in [6, 6.07) is 15.2. The molecule has 2 aromatic carbocycles. The molecule has 1 heterocycles. The number of fused-ring (bicyclic) bond motifs is 1. The minimum absolute atomic E-state index is 0.0230. The summed E-state index contributed by atoms with van der Waals surface area (Å²) in [5.74, 6) is 0.172. The molecule has 26 heavy (non-hydrogen) atoms. The summed E-state index contributed by atoms with van der Waals surface area (Å²) in [5.41, 5.74) is 2.62. The fourth-order valence-electron chi connectivity index (χ4n) is 3.53. The van der Waals surface area contributed by atoms with Crippen LogP contribution in [0.15, 0.2) is 48.5 Å². The van der Waals surface area contributed by atoms with Crippen molar-refractivity contribution in [2.75, 3.05) is 19.0 Å². The summed E-state index contributed by atoms with van der Waals surface area (Å²) in [4.78, 5) is 27.2. The van der Waals surface area contributed by atoms with Gasteiger partial charge in [-0.15, -0.1) is 0 Å². The van der Waals surface area contributed by atoms with Crippen LogP contribution in [0.1, 0.15) is 43.4 Å². The molecule has 2 amide bonds. The second kappa shape index (κ2) is 7.60. The van der Waals surface area contributed by atoms with Crippen molar-refractivity contribution in [3.63, 3.8) is 0 Å². The number of rotatable bonds is 5. The molecule has 0 radical (unpaired) electrons. The van der Waals surface area contributed by atoms with Crippen molar-refractivity contribution in [3.8, 4) is 5.75 Å². The first-order valence-corrected chi connectivity index (χ1v) is 8.88. The minimum atomic E-state index is -0.451. The molecule has 1 aliphatic rings. The van der Waals surface area contributed by atoms with Crippen LogP contribution < -0.4 is 10.1 Å². The molecule has 1 aliphatic heterocycles. The van der Waals surface area contributed by atoms with Gasteiger partial charge >= 0.3 is 0 Å². The first kappa shape index (κ1) is 18.0. The Labute approximate surface area is 154 Å². The number of para-hydroxylation sites is 1. The monoisotopic (exact) mass is 352 g/mol. The average Bonchev–Trinajstić information content (AvgIpc) is 2.67. The second-order valence-electron chi connectivity index (χ2n) is 6.47. The van der Waals surface area contributed by atoms with Crippen molar-refractivity contribution < 1.29 is 14.3 Å². The van der Waals surface area contributed by atoms with Gasteiger partial charge in [-0.05, 0) is 43.2 Å². The Morgan fingerprint density at radius 2 is 2.04 bits per heavy atom. The molecule has 5 nitrogen and oxygen atoms in total. The van der Waals surface area contributed by atoms with E-state index in [1.165, 1.54) is 0 Å². The van der Waals surface area contributed by atoms with Crippen LogP contribution >= 0.6 is 0 Å². The molecule has 1 N–H and O–H groups in total. The molecule has 2 atom stereocenters. The van der Waals surface area contributed by atoms with Gasteiger partial charge in [-0.25, -0.2) is 0 Å². The molecule has 0 fully saturated rings. The Balaban J connectivity index is 1.90. The van der Waals surface area contributed by atoms with E-state index in [0.717, 1.165) is 22.6 Å². The zero-order valence-electron chi connectivity index (χ0n) is 15.4. The number of hydrogen-bond acceptors (Lipinski definition) is 3. The van der Waals surface area contributed by atoms with Gasteiger partial charge in [0.2, 0.25) is 11.8 Å². The quantitative estimate of drug-likeness (QED) is 0.892. The molecule has 0 saturated carbocycles. The highest BCUT2D eigenvalue weighted by Gasteiger charge is 2.34. The summed E-state index contributed by atoms with van der Waals surface area (Å²) in [6.45, 7) is 4.53. The van der Waals surface area contributed by atoms with E-state index in [9.17, 15) is 9.59 Å². The topological polar surface area (TPSA) is 58.6 Å². The van der Waals surface area contributed by atoms with Crippen molar-refractivity contribution in [2.24, 2.45) is 0 Å². The Morgan fingerprint density at radius 1 is 1.27 bits per heavy atom. The number of nitrogens with one attached hydrogen (secondary N) is 1. The van der Waals surface area contributed by atoms with Gasteiger partial charge in [0.1, 0.15) is 5.75 Å². The van der Waals surface area contributed by atoms with Crippen molar-refractivity contribution in [2.45, 2.75) is 32.2 Å². The van der Waals surface area contributed by atoms with Gasteiger partial charge in [0.15, 0.2) is 0 Å². The predicted octanol–water partition coefficient (Wildman–Crippen LogP) is 3.73. The van der Waals surface area contributed by atoms with Crippen LogP contribution in [0, 0.1) is 0 Å². The molecule has 0 bridgehead atoms. The zero-order chi connectivity index (χ0) is 18.7. The highest BCUT2D eigenvalue weighted by atomic mass is 16.5. The Hall–Kier alpha value is -2.82. The normalized spacial score (nSPS) is 17.0. The maximum Gasteiger partial charge on any atom is 0.231 e. The number of carbonyl (C=O) groups is 2. The van der Waals surface area contributed by atoms with Crippen molar-refractivity contribution in [3.05, 3.63) is 59.7 Å². The van der Waals surface area contributed by atoms with E-state index in [1.54, 1.807) is 7.11 Å². The summed E-state index contributed by atoms with van der Waals surface area (Å²) in [7, 11) is 1.63. The zero-order valence-corrected chi connectivity index (χ0v) is 15.4. The van der Waals surface area contributed by atoms with Gasteiger partial charge in [-0.2, -0.15) is 0 Å². The standard InChI is InChI=1S/C21H24N2O3/c1-4-23(14(2)15-8-7-9-16(12-15)26-3)21(25)18-13-20(24)22-19-11-6-5-10-17(18)19/h5-12,14,18H,4,13H2,1-3H3,(H,22,24). The number of ether oxygens (including phenoxy) is 1. The first-order chi connectivity index (χ1) is 12.5. The number of anilines is 1. The van der Waals surface area contributed by atoms with Crippen LogP contribution in [0.3, 0.4) is 0 Å². The fourth-order valence-corrected chi connectivity index (χ4v) is 3.53. The Kier molecular flexibility index (Phi) is 5.26. The van der Waals surface area contributed by atoms with Crippen LogP contribution in [0.5, 0.6) is 5.75 Å². The summed E-state index contributed by atoms with van der Waals surface area (Å²) in [5, 5.41) is 2.85. The third-order valence-electron chi connectivity index (χ3n) is 4.97. The van der Waals surface area contributed by atoms with E-state index in [0.29, 0.717) is 6.54 Å². The predicted molar refractivity (Wildman–Crippen MR) is 101 cm³/mol. The van der Waals surface area contributed by atoms with E-state index in [4.69, 9.17) is 4.74 Å². The third-order valence-corrected chi connectivity index (χ3v) is 4.97. The van der Waals surface area contributed by atoms with Crippen molar-refractivity contribution >= 4 is 17.5 Å². The summed E-state index contributed by atoms with van der Waals surface area (Å²) in [6.07, 6.45) is 0.178. The van der Waals surface area contributed by atoms with E-state index in [2.05, 4.69) is 5.32 Å². The number of carbonyl (C=O) groups excluding carboxylic acids is 2. The fraction of sp³-hybridized carbons (Fsp3) is 0.333. The molecule has 0 aliphatic carbocycles. The molecular formula is C21H24N2O3. The summed E-state index contributed by atoms with van der Waals surface area (Å²) >= 11 is 0. The van der Waals surface area contributed by atoms with Gasteiger partial charge in [0.05, 0.1) is 19.1 Å². The van der Waals surface area contributed by atoms with Crippen molar-refractivity contribution in [1.82, 2.24) is 4.90 Å². The lowest BCUT2D eigenvalue weighted by atomic mass is 9.88. The van der Waals surface area contributed by atoms with Gasteiger partial charge in [0.25, 0.3) is 0 Å². The maximum absolute atomic E-state index is 13.3. The van der Waals surface area contributed by atoms with E-state index >= 15 is 0 Å². The van der Waals surface area contributed by atoms with Crippen molar-refractivity contribution in [1.29, 1.82) is 0 Å². The Morgan fingerprint density at radius 3 is 2.77 bits per heavy atom. The van der Waals surface area contributed by atoms with Crippen LogP contribution in [0.2, 0.25) is 0 Å². The Bertz CT molecular complexity index is 818. The lowest BCUT2D eigenvalue weighted by Gasteiger charge is -2.34. The van der Waals surface area contributed by atoms with Crippen LogP contribution in [-0.2, 0) is 9.59 Å². The molecule has 0 saturated heterocycles. The first-order valence-electron chi connectivity index (χ1n) is 8.88. The van der Waals surface area contributed by atoms with Gasteiger partial charge in [0, 0.05) is 18.7 Å². The molecule has 2 aromatic rings. The number of nitrogens with zero attached hydrogens (tertiary/aromatic N) is 1. The maximum atomic E-state index is 13.3. The molecule has 5 heteroatoms. The highest BCUT2D eigenvalue weighted by Crippen LogP contribution is 2.35. The molecule has 2 unspecified atom stereocenters. The van der Waals surface area contributed by atoms with Gasteiger partial charge < -0.3 is 15.0 Å². The molecule has 0 spiro atoms. The van der Waals surface area contributed by atoms with Gasteiger partial charge in [-0.1, -0.05) is 30.3 Å². The second-order valence-corrected chi connectivity index (χ2v) is 6.47. The largest absolute Gasteiger partial charge is 0.497 e. The van der Waals surface area contributed by atoms with Crippen LogP contribution in [-0.4, -0.2) is 30.4 Å². The molecule has 3 rings (SSSR count). The minimum Gasteiger partial charge on any atom is -0.497 e. The highest BCUT2D eigenvalue weighted by molar-refractivity contribution is 6.01. The van der Waals surface area contributed by atoms with E-state index < -0.39 is 5.92 Å². The number of amides is 2. The number of methoxy groups -OCH3 is 1. The van der Waals surface area contributed by atoms with Crippen LogP contribution in [0.25, 0.3) is 0 Å². The molecule has 0 aromatic heterocycles. The lowest BCUT2D eigenvalue weighted by molar-refractivity contribution is -0.136. The number of benzene rings is 2. The number of hydrogen-bond donors (Lipinski definition) is 1. The average molecular weight is 352 g/mol. The third kappa shape index (κ3) is 3.43. The SMILES string of the molecule is CCN(C(=O)C1CC(=O)Nc2ccccc21)C(C)c1cccc(OC)c1. The summed E-state index contributed by atoms with van der Waals surface area (Å²) < 4.78 is 5.30. The number of likely N-dealkylation sites (N-methyl/N-ethyl adjacent to an activating group) is 1. The smallest absolute Gasteiger partial charge is 0.231 e. The molecular weight excluding hydrogens is 328 g/mol. The van der Waals surface area contributed by atoms with Crippen LogP contribution in [0.4, 0.5) is 5.69 Å².